The molecule has 0 amide bonds. The second-order valence-electron chi connectivity index (χ2n) is 7.32. The highest BCUT2D eigenvalue weighted by molar-refractivity contribution is 7.80. The van der Waals surface area contributed by atoms with E-state index in [1.807, 2.05) is 6.92 Å². The zero-order valence-corrected chi connectivity index (χ0v) is 17.4. The van der Waals surface area contributed by atoms with Gasteiger partial charge in [0.1, 0.15) is 31.2 Å². The third-order valence-electron chi connectivity index (χ3n) is 5.14. The van der Waals surface area contributed by atoms with Crippen LogP contribution in [0.15, 0.2) is 12.7 Å². The fourth-order valence-electron chi connectivity index (χ4n) is 3.52. The van der Waals surface area contributed by atoms with Gasteiger partial charge >= 0.3 is 0 Å². The molecule has 0 aromatic carbocycles. The average Bonchev–Trinajstić information content (AvgIpc) is 3.47. The second-order valence-corrected chi connectivity index (χ2v) is 7.69. The predicted octanol–water partition coefficient (Wildman–Crippen LogP) is -0.0526. The third-order valence-corrected chi connectivity index (χ3v) is 5.40. The molecule has 2 fully saturated rings. The molecule has 0 spiro atoms. The van der Waals surface area contributed by atoms with E-state index in [-0.39, 0.29) is 17.8 Å². The standard InChI is InChI=1S/C18H26N6O5S/c1-2-4-19-18(30)28-7-11-13(25)14(26)17(29-11)24-9-22-12-15(20-8-21-16(12)24)23-10-3-5-27-6-10/h8-11,13-14,17,25-26H,2-7H2,1H3,(H,19,30)(H,20,21,23)/t10-,11-,13-,14-,17?/m1/s1. The Hall–Kier alpha value is -2.12. The molecule has 4 N–H and O–H groups in total. The van der Waals surface area contributed by atoms with E-state index in [1.54, 1.807) is 4.57 Å². The maximum absolute atomic E-state index is 10.6. The molecule has 164 valence electrons. The van der Waals surface area contributed by atoms with Crippen LogP contribution in [0, 0.1) is 0 Å². The lowest BCUT2D eigenvalue weighted by molar-refractivity contribution is -0.0491. The monoisotopic (exact) mass is 438 g/mol. The Morgan fingerprint density at radius 3 is 2.97 bits per heavy atom. The topological polar surface area (TPSA) is 136 Å². The zero-order valence-electron chi connectivity index (χ0n) is 16.6. The Kier molecular flexibility index (Phi) is 6.58. The minimum Gasteiger partial charge on any atom is -0.468 e. The fraction of sp³-hybridized carbons (Fsp3) is 0.667. The molecule has 11 nitrogen and oxygen atoms in total. The number of nitrogens with one attached hydrogen (secondary N) is 2. The van der Waals surface area contributed by atoms with Crippen molar-refractivity contribution in [3.8, 4) is 0 Å². The summed E-state index contributed by atoms with van der Waals surface area (Å²) in [5.74, 6) is 0.592. The normalized spacial score (nSPS) is 28.7. The average molecular weight is 439 g/mol. The smallest absolute Gasteiger partial charge is 0.256 e. The van der Waals surface area contributed by atoms with Gasteiger partial charge in [-0.25, -0.2) is 15.0 Å². The fourth-order valence-corrected chi connectivity index (χ4v) is 3.69. The summed E-state index contributed by atoms with van der Waals surface area (Å²) in [4.78, 5) is 13.0. The number of anilines is 1. The van der Waals surface area contributed by atoms with Crippen molar-refractivity contribution in [2.45, 2.75) is 50.3 Å². The summed E-state index contributed by atoms with van der Waals surface area (Å²) >= 11 is 5.09. The Bertz CT molecular complexity index is 876. The Labute approximate surface area is 178 Å². The van der Waals surface area contributed by atoms with Crippen molar-refractivity contribution < 1.29 is 24.4 Å². The van der Waals surface area contributed by atoms with E-state index in [4.69, 9.17) is 26.4 Å². The number of fused-ring (bicyclic) bond motifs is 1. The van der Waals surface area contributed by atoms with Crippen LogP contribution in [0.1, 0.15) is 26.0 Å². The van der Waals surface area contributed by atoms with E-state index in [0.29, 0.717) is 36.7 Å². The van der Waals surface area contributed by atoms with Gasteiger partial charge in [-0.05, 0) is 25.1 Å². The van der Waals surface area contributed by atoms with Crippen LogP contribution in [0.3, 0.4) is 0 Å². The number of imidazole rings is 1. The van der Waals surface area contributed by atoms with Crippen LogP contribution < -0.4 is 10.6 Å². The van der Waals surface area contributed by atoms with Crippen molar-refractivity contribution in [1.82, 2.24) is 24.8 Å². The first-order chi connectivity index (χ1) is 14.6. The van der Waals surface area contributed by atoms with E-state index < -0.39 is 24.5 Å². The van der Waals surface area contributed by atoms with Gasteiger partial charge in [0.25, 0.3) is 5.17 Å². The summed E-state index contributed by atoms with van der Waals surface area (Å²) in [6, 6.07) is 0.162. The number of aliphatic hydroxyl groups excluding tert-OH is 2. The molecular weight excluding hydrogens is 412 g/mol. The highest BCUT2D eigenvalue weighted by Crippen LogP contribution is 2.32. The number of hydrogen-bond acceptors (Lipinski definition) is 10. The van der Waals surface area contributed by atoms with Crippen LogP contribution in [0.5, 0.6) is 0 Å². The molecule has 0 radical (unpaired) electrons. The van der Waals surface area contributed by atoms with Gasteiger partial charge in [-0.15, -0.1) is 0 Å². The first-order valence-electron chi connectivity index (χ1n) is 10.0. The van der Waals surface area contributed by atoms with E-state index >= 15 is 0 Å². The number of thiocarbonyl (C=S) groups is 1. The largest absolute Gasteiger partial charge is 0.468 e. The molecule has 5 atom stereocenters. The first kappa shape index (κ1) is 21.1. The van der Waals surface area contributed by atoms with Crippen LogP contribution in [0.4, 0.5) is 5.82 Å². The predicted molar refractivity (Wildman–Crippen MR) is 111 cm³/mol. The molecule has 0 bridgehead atoms. The van der Waals surface area contributed by atoms with E-state index in [0.717, 1.165) is 12.8 Å². The van der Waals surface area contributed by atoms with Crippen LogP contribution in [0.2, 0.25) is 0 Å². The molecule has 2 saturated heterocycles. The van der Waals surface area contributed by atoms with Crippen LogP contribution in [-0.2, 0) is 14.2 Å². The van der Waals surface area contributed by atoms with Gasteiger partial charge in [-0.2, -0.15) is 0 Å². The van der Waals surface area contributed by atoms with E-state index in [1.165, 1.54) is 12.7 Å². The molecule has 30 heavy (non-hydrogen) atoms. The molecule has 4 heterocycles. The summed E-state index contributed by atoms with van der Waals surface area (Å²) in [5, 5.41) is 27.5. The zero-order chi connectivity index (χ0) is 21.1. The van der Waals surface area contributed by atoms with Crippen LogP contribution in [-0.4, -0.2) is 85.6 Å². The summed E-state index contributed by atoms with van der Waals surface area (Å²) < 4.78 is 18.3. The van der Waals surface area contributed by atoms with Gasteiger partial charge in [0.15, 0.2) is 23.2 Å². The lowest BCUT2D eigenvalue weighted by Gasteiger charge is -2.17. The lowest BCUT2D eigenvalue weighted by Crippen LogP contribution is -2.36. The summed E-state index contributed by atoms with van der Waals surface area (Å²) in [7, 11) is 0. The molecule has 12 heteroatoms. The van der Waals surface area contributed by atoms with Crippen molar-refractivity contribution in [2.75, 3.05) is 31.7 Å². The van der Waals surface area contributed by atoms with Gasteiger partial charge in [-0.1, -0.05) is 6.92 Å². The van der Waals surface area contributed by atoms with E-state index in [2.05, 4.69) is 25.6 Å². The van der Waals surface area contributed by atoms with Gasteiger partial charge < -0.3 is 35.1 Å². The maximum atomic E-state index is 10.6. The van der Waals surface area contributed by atoms with Crippen molar-refractivity contribution in [3.05, 3.63) is 12.7 Å². The highest BCUT2D eigenvalue weighted by Gasteiger charge is 2.44. The number of rotatable bonds is 7. The lowest BCUT2D eigenvalue weighted by atomic mass is 10.1. The molecule has 0 saturated carbocycles. The van der Waals surface area contributed by atoms with Gasteiger partial charge in [0.05, 0.1) is 19.0 Å². The van der Waals surface area contributed by atoms with Crippen molar-refractivity contribution in [2.24, 2.45) is 0 Å². The summed E-state index contributed by atoms with van der Waals surface area (Å²) in [6.07, 6.45) is 0.806. The van der Waals surface area contributed by atoms with Gasteiger partial charge in [0.2, 0.25) is 0 Å². The molecule has 2 aromatic rings. The van der Waals surface area contributed by atoms with Gasteiger partial charge in [-0.3, -0.25) is 4.57 Å². The van der Waals surface area contributed by atoms with Crippen LogP contribution in [0.25, 0.3) is 11.2 Å². The Balaban J connectivity index is 1.47. The second kappa shape index (κ2) is 9.35. The number of nitrogens with zero attached hydrogens (tertiary/aromatic N) is 4. The number of aromatic nitrogens is 4. The quantitative estimate of drug-likeness (QED) is 0.433. The van der Waals surface area contributed by atoms with Crippen LogP contribution >= 0.6 is 12.2 Å². The highest BCUT2D eigenvalue weighted by atomic mass is 32.1. The van der Waals surface area contributed by atoms with Crippen molar-refractivity contribution >= 4 is 34.4 Å². The first-order valence-corrected chi connectivity index (χ1v) is 10.4. The molecule has 1 unspecified atom stereocenters. The number of aliphatic hydroxyl groups is 2. The van der Waals surface area contributed by atoms with Crippen molar-refractivity contribution in [1.29, 1.82) is 0 Å². The minimum absolute atomic E-state index is 0.0143. The number of ether oxygens (including phenoxy) is 3. The van der Waals surface area contributed by atoms with Crippen molar-refractivity contribution in [3.63, 3.8) is 0 Å². The SMILES string of the molecule is CCCNC(=S)OC[C@H]1OC(n2cnc3c(N[C@@H]4CCOC4)ncnc32)[C@H](O)[C@@H]1O. The minimum atomic E-state index is -1.18. The Morgan fingerprint density at radius 2 is 2.20 bits per heavy atom. The number of hydrogen-bond donors (Lipinski definition) is 4. The molecule has 4 rings (SSSR count). The summed E-state index contributed by atoms with van der Waals surface area (Å²) in [5.41, 5.74) is 1.05. The molecular formula is C18H26N6O5S. The molecule has 2 aliphatic heterocycles. The molecule has 2 aliphatic rings. The maximum Gasteiger partial charge on any atom is 0.256 e. The molecule has 0 aliphatic carbocycles. The third kappa shape index (κ3) is 4.32. The molecule has 2 aromatic heterocycles. The summed E-state index contributed by atoms with van der Waals surface area (Å²) in [6.45, 7) is 4.05. The van der Waals surface area contributed by atoms with E-state index in [9.17, 15) is 10.2 Å². The van der Waals surface area contributed by atoms with Gasteiger partial charge in [0, 0.05) is 13.2 Å². The Morgan fingerprint density at radius 1 is 1.33 bits per heavy atom.